The Morgan fingerprint density at radius 3 is 1.32 bits per heavy atom. The Balaban J connectivity index is 1.46. The summed E-state index contributed by atoms with van der Waals surface area (Å²) in [5.41, 5.74) is 6.65. The highest BCUT2D eigenvalue weighted by Crippen LogP contribution is 2.23. The van der Waals surface area contributed by atoms with Gasteiger partial charge in [0.05, 0.1) is 0 Å². The van der Waals surface area contributed by atoms with Crippen LogP contribution in [0.2, 0.25) is 0 Å². The Labute approximate surface area is 227 Å². The Morgan fingerprint density at radius 2 is 0.974 bits per heavy atom. The lowest BCUT2D eigenvalue weighted by atomic mass is 9.87. The second-order valence-electron chi connectivity index (χ2n) is 11.7. The third-order valence-electron chi connectivity index (χ3n) is 6.33. The molecule has 0 aliphatic carbocycles. The van der Waals surface area contributed by atoms with Crippen LogP contribution in [0, 0.1) is 0 Å². The van der Waals surface area contributed by atoms with Crippen molar-refractivity contribution in [2.24, 2.45) is 0 Å². The predicted molar refractivity (Wildman–Crippen MR) is 158 cm³/mol. The van der Waals surface area contributed by atoms with Crippen LogP contribution in [-0.4, -0.2) is 11.8 Å². The molecule has 4 heteroatoms. The van der Waals surface area contributed by atoms with E-state index in [0.29, 0.717) is 13.1 Å². The van der Waals surface area contributed by atoms with E-state index in [1.165, 1.54) is 11.1 Å². The molecule has 0 aromatic heterocycles. The van der Waals surface area contributed by atoms with E-state index < -0.39 is 0 Å². The summed E-state index contributed by atoms with van der Waals surface area (Å²) >= 11 is 0. The maximum absolute atomic E-state index is 12.3. The molecule has 0 spiro atoms. The van der Waals surface area contributed by atoms with Gasteiger partial charge in [-0.25, -0.2) is 0 Å². The molecule has 0 aliphatic heterocycles. The zero-order chi connectivity index (χ0) is 27.8. The topological polar surface area (TPSA) is 58.2 Å². The monoisotopic (exact) mass is 508 g/mol. The summed E-state index contributed by atoms with van der Waals surface area (Å²) in [5, 5.41) is 5.85. The van der Waals surface area contributed by atoms with Crippen molar-refractivity contribution >= 4 is 24.0 Å². The van der Waals surface area contributed by atoms with Crippen LogP contribution >= 0.6 is 0 Å². The summed E-state index contributed by atoms with van der Waals surface area (Å²) < 4.78 is 0. The molecule has 0 bridgehead atoms. The fourth-order valence-corrected chi connectivity index (χ4v) is 3.88. The van der Waals surface area contributed by atoms with Crippen molar-refractivity contribution < 1.29 is 9.59 Å². The van der Waals surface area contributed by atoms with Crippen molar-refractivity contribution in [2.75, 3.05) is 0 Å². The molecule has 0 fully saturated rings. The lowest BCUT2D eigenvalue weighted by Gasteiger charge is -2.18. The molecular weight excluding hydrogens is 468 g/mol. The number of amides is 2. The SMILES string of the molecule is CC(C)(C)c1ccc(C=CC(=O)NCc2cccc(CNC(=O)C=Cc3ccc(C(C)(C)C)cc3)c2)cc1. The number of nitrogens with one attached hydrogen (secondary N) is 2. The minimum atomic E-state index is -0.149. The Bertz CT molecular complexity index is 1190. The first-order valence-corrected chi connectivity index (χ1v) is 13.1. The smallest absolute Gasteiger partial charge is 0.244 e. The minimum absolute atomic E-state index is 0.104. The molecule has 0 atom stereocenters. The number of carbonyl (C=O) groups is 2. The molecule has 38 heavy (non-hydrogen) atoms. The van der Waals surface area contributed by atoms with Gasteiger partial charge in [0.2, 0.25) is 11.8 Å². The van der Waals surface area contributed by atoms with Gasteiger partial charge in [0.25, 0.3) is 0 Å². The maximum atomic E-state index is 12.3. The van der Waals surface area contributed by atoms with Gasteiger partial charge in [-0.2, -0.15) is 0 Å². The molecule has 0 saturated heterocycles. The van der Waals surface area contributed by atoms with Crippen LogP contribution in [0.15, 0.2) is 84.9 Å². The molecule has 2 amide bonds. The highest BCUT2D eigenvalue weighted by atomic mass is 16.2. The van der Waals surface area contributed by atoms with Gasteiger partial charge in [-0.15, -0.1) is 0 Å². The van der Waals surface area contributed by atoms with E-state index in [1.54, 1.807) is 12.2 Å². The molecule has 0 unspecified atom stereocenters. The Morgan fingerprint density at radius 1 is 0.605 bits per heavy atom. The van der Waals surface area contributed by atoms with E-state index in [2.05, 4.69) is 76.4 Å². The lowest BCUT2D eigenvalue weighted by molar-refractivity contribution is -0.117. The van der Waals surface area contributed by atoms with Gasteiger partial charge >= 0.3 is 0 Å². The summed E-state index contributed by atoms with van der Waals surface area (Å²) in [5.74, 6) is -0.298. The molecule has 0 heterocycles. The van der Waals surface area contributed by atoms with Crippen molar-refractivity contribution in [1.82, 2.24) is 10.6 Å². The van der Waals surface area contributed by atoms with E-state index in [1.807, 2.05) is 60.7 Å². The second-order valence-corrected chi connectivity index (χ2v) is 11.7. The zero-order valence-electron chi connectivity index (χ0n) is 23.5. The number of hydrogen-bond donors (Lipinski definition) is 2. The number of carbonyl (C=O) groups excluding carboxylic acids is 2. The van der Waals surface area contributed by atoms with Gasteiger partial charge in [-0.1, -0.05) is 114 Å². The molecule has 0 saturated carbocycles. The van der Waals surface area contributed by atoms with Crippen LogP contribution in [0.1, 0.15) is 74.9 Å². The Hall–Kier alpha value is -3.92. The molecule has 3 rings (SSSR count). The van der Waals surface area contributed by atoms with Crippen LogP contribution in [0.3, 0.4) is 0 Å². The van der Waals surface area contributed by atoms with E-state index in [-0.39, 0.29) is 22.6 Å². The zero-order valence-corrected chi connectivity index (χ0v) is 23.5. The molecule has 3 aromatic rings. The number of benzene rings is 3. The van der Waals surface area contributed by atoms with Crippen LogP contribution in [-0.2, 0) is 33.5 Å². The van der Waals surface area contributed by atoms with Crippen molar-refractivity contribution in [3.63, 3.8) is 0 Å². The molecule has 0 radical (unpaired) electrons. The van der Waals surface area contributed by atoms with Gasteiger partial charge in [-0.05, 0) is 56.4 Å². The Kier molecular flexibility index (Phi) is 9.46. The fraction of sp³-hybridized carbons (Fsp3) is 0.294. The van der Waals surface area contributed by atoms with E-state index >= 15 is 0 Å². The normalized spacial score (nSPS) is 12.2. The van der Waals surface area contributed by atoms with Gasteiger partial charge in [-0.3, -0.25) is 9.59 Å². The molecule has 3 aromatic carbocycles. The standard InChI is InChI=1S/C34H40N2O2/c1-33(2,3)29-16-10-25(11-17-29)14-20-31(37)35-23-27-8-7-9-28(22-27)24-36-32(38)21-15-26-12-18-30(19-13-26)34(4,5)6/h7-22H,23-24H2,1-6H3,(H,35,37)(H,36,38). The minimum Gasteiger partial charge on any atom is -0.348 e. The second kappa shape index (κ2) is 12.6. The summed E-state index contributed by atoms with van der Waals surface area (Å²) in [6.07, 6.45) is 6.75. The van der Waals surface area contributed by atoms with E-state index in [9.17, 15) is 9.59 Å². The maximum Gasteiger partial charge on any atom is 0.244 e. The fourth-order valence-electron chi connectivity index (χ4n) is 3.88. The molecule has 198 valence electrons. The third-order valence-corrected chi connectivity index (χ3v) is 6.33. The molecule has 4 nitrogen and oxygen atoms in total. The summed E-state index contributed by atoms with van der Waals surface area (Å²) in [7, 11) is 0. The van der Waals surface area contributed by atoms with Crippen molar-refractivity contribution in [1.29, 1.82) is 0 Å². The molecule has 0 aliphatic rings. The van der Waals surface area contributed by atoms with Crippen LogP contribution in [0.4, 0.5) is 0 Å². The van der Waals surface area contributed by atoms with Crippen LogP contribution < -0.4 is 10.6 Å². The largest absolute Gasteiger partial charge is 0.348 e. The van der Waals surface area contributed by atoms with Gasteiger partial charge in [0.15, 0.2) is 0 Å². The first-order chi connectivity index (χ1) is 17.9. The van der Waals surface area contributed by atoms with Crippen molar-refractivity contribution in [3.8, 4) is 0 Å². The van der Waals surface area contributed by atoms with Gasteiger partial charge in [0.1, 0.15) is 0 Å². The highest BCUT2D eigenvalue weighted by Gasteiger charge is 2.13. The third kappa shape index (κ3) is 9.19. The van der Waals surface area contributed by atoms with Crippen LogP contribution in [0.5, 0.6) is 0 Å². The van der Waals surface area contributed by atoms with E-state index in [0.717, 1.165) is 22.3 Å². The average molecular weight is 509 g/mol. The highest BCUT2D eigenvalue weighted by molar-refractivity contribution is 5.92. The quantitative estimate of drug-likeness (QED) is 0.324. The summed E-state index contributed by atoms with van der Waals surface area (Å²) in [6.45, 7) is 13.9. The number of rotatable bonds is 8. The number of hydrogen-bond acceptors (Lipinski definition) is 2. The van der Waals surface area contributed by atoms with E-state index in [4.69, 9.17) is 0 Å². The first kappa shape index (κ1) is 28.6. The van der Waals surface area contributed by atoms with Gasteiger partial charge < -0.3 is 10.6 Å². The summed E-state index contributed by atoms with van der Waals surface area (Å²) in [4.78, 5) is 24.6. The van der Waals surface area contributed by atoms with Crippen molar-refractivity contribution in [3.05, 3.63) is 118 Å². The van der Waals surface area contributed by atoms with Crippen LogP contribution in [0.25, 0.3) is 12.2 Å². The average Bonchev–Trinajstić information content (AvgIpc) is 2.88. The lowest BCUT2D eigenvalue weighted by Crippen LogP contribution is -2.21. The van der Waals surface area contributed by atoms with Crippen molar-refractivity contribution in [2.45, 2.75) is 65.5 Å². The summed E-state index contributed by atoms with van der Waals surface area (Å²) in [6, 6.07) is 24.4. The first-order valence-electron chi connectivity index (χ1n) is 13.1. The predicted octanol–water partition coefficient (Wildman–Crippen LogP) is 6.94. The molecular formula is C34H40N2O2. The molecule has 2 N–H and O–H groups in total. The van der Waals surface area contributed by atoms with Gasteiger partial charge in [0, 0.05) is 25.2 Å².